The Morgan fingerprint density at radius 3 is 2.00 bits per heavy atom. The summed E-state index contributed by atoms with van der Waals surface area (Å²) < 4.78 is 27.9. The zero-order valence-electron chi connectivity index (χ0n) is 10.1. The van der Waals surface area contributed by atoms with E-state index in [9.17, 15) is 13.6 Å². The number of carbonyl (C=O) groups excluding carboxylic acids is 1. The van der Waals surface area contributed by atoms with Gasteiger partial charge in [-0.15, -0.1) is 0 Å². The number of rotatable bonds is 2. The van der Waals surface area contributed by atoms with Gasteiger partial charge >= 0.3 is 0 Å². The summed E-state index contributed by atoms with van der Waals surface area (Å²) in [4.78, 5) is 12.2. The first-order valence-corrected chi connectivity index (χ1v) is 5.95. The summed E-state index contributed by atoms with van der Waals surface area (Å²) in [6, 6.07) is 9.84. The van der Waals surface area contributed by atoms with Crippen LogP contribution in [0.15, 0.2) is 36.4 Å². The quantitative estimate of drug-likeness (QED) is 0.771. The van der Waals surface area contributed by atoms with Crippen molar-refractivity contribution in [2.24, 2.45) is 0 Å². The Kier molecular flexibility index (Phi) is 2.78. The summed E-state index contributed by atoms with van der Waals surface area (Å²) in [5.74, 6) is -1.40. The topological polar surface area (TPSA) is 20.3 Å². The van der Waals surface area contributed by atoms with Gasteiger partial charge in [0.05, 0.1) is 0 Å². The second-order valence-corrected chi connectivity index (χ2v) is 4.58. The molecule has 96 valence electrons. The average Bonchev–Trinajstić information content (AvgIpc) is 2.80. The Morgan fingerprint density at radius 2 is 1.53 bits per heavy atom. The Bertz CT molecular complexity index is 606. The van der Waals surface area contributed by atoms with Crippen LogP contribution in [-0.4, -0.2) is 6.29 Å². The predicted octanol–water partition coefficient (Wildman–Crippen LogP) is 3.30. The molecule has 19 heavy (non-hydrogen) atoms. The van der Waals surface area contributed by atoms with Gasteiger partial charge in [0.15, 0.2) is 0 Å². The van der Waals surface area contributed by atoms with Gasteiger partial charge < -0.3 is 4.90 Å². The number of hydrogen-bond acceptors (Lipinski definition) is 2. The largest absolute Gasteiger partial charge is 0.358 e. The number of benzene rings is 2. The number of aldehydes is 1. The fraction of sp³-hybridized carbons (Fsp3) is 0.133. The molecule has 1 aliphatic heterocycles. The number of halogens is 2. The summed E-state index contributed by atoms with van der Waals surface area (Å²) in [6.45, 7) is 0.953. The minimum atomic E-state index is -0.699. The molecule has 2 aromatic rings. The summed E-state index contributed by atoms with van der Waals surface area (Å²) in [6.07, 6.45) is 0.439. The Labute approximate surface area is 109 Å². The first-order chi connectivity index (χ1) is 9.19. The molecule has 0 aromatic heterocycles. The molecule has 4 heteroatoms. The number of anilines is 1. The molecule has 3 rings (SSSR count). The van der Waals surface area contributed by atoms with Gasteiger partial charge in [0.2, 0.25) is 0 Å². The van der Waals surface area contributed by atoms with Crippen molar-refractivity contribution in [1.29, 1.82) is 0 Å². The lowest BCUT2D eigenvalue weighted by Gasteiger charge is -2.19. The minimum Gasteiger partial charge on any atom is -0.358 e. The maximum absolute atomic E-state index is 13.9. The highest BCUT2D eigenvalue weighted by Gasteiger charge is 2.24. The lowest BCUT2D eigenvalue weighted by molar-refractivity contribution is 0.112. The van der Waals surface area contributed by atoms with E-state index in [0.717, 1.165) is 23.3 Å². The van der Waals surface area contributed by atoms with Gasteiger partial charge in [-0.05, 0) is 23.3 Å². The van der Waals surface area contributed by atoms with Crippen LogP contribution in [0.3, 0.4) is 0 Å². The molecule has 0 aliphatic carbocycles. The van der Waals surface area contributed by atoms with E-state index < -0.39 is 11.6 Å². The molecule has 0 radical (unpaired) electrons. The minimum absolute atomic E-state index is 0.00969. The standard InChI is InChI=1S/C15H11F2NO/c16-13-5-10(9-19)6-14(17)15(13)18-7-11-3-1-2-4-12(11)8-18/h1-6,9H,7-8H2. The van der Waals surface area contributed by atoms with E-state index >= 15 is 0 Å². The number of nitrogens with zero attached hydrogens (tertiary/aromatic N) is 1. The zero-order chi connectivity index (χ0) is 13.4. The molecule has 0 bridgehead atoms. The Hall–Kier alpha value is -2.23. The van der Waals surface area contributed by atoms with E-state index in [2.05, 4.69) is 0 Å². The Morgan fingerprint density at radius 1 is 1.00 bits per heavy atom. The zero-order valence-corrected chi connectivity index (χ0v) is 10.1. The molecular formula is C15H11F2NO. The molecule has 0 atom stereocenters. The number of fused-ring (bicyclic) bond motifs is 1. The SMILES string of the molecule is O=Cc1cc(F)c(N2Cc3ccccc3C2)c(F)c1. The van der Waals surface area contributed by atoms with E-state index in [1.54, 1.807) is 4.90 Å². The average molecular weight is 259 g/mol. The molecule has 0 unspecified atom stereocenters. The van der Waals surface area contributed by atoms with Crippen LogP contribution >= 0.6 is 0 Å². The third kappa shape index (κ3) is 1.99. The van der Waals surface area contributed by atoms with Gasteiger partial charge in [-0.25, -0.2) is 8.78 Å². The smallest absolute Gasteiger partial charge is 0.150 e. The van der Waals surface area contributed by atoms with E-state index in [0.29, 0.717) is 19.4 Å². The van der Waals surface area contributed by atoms with Crippen molar-refractivity contribution < 1.29 is 13.6 Å². The maximum Gasteiger partial charge on any atom is 0.150 e. The molecule has 1 heterocycles. The summed E-state index contributed by atoms with van der Waals surface area (Å²) in [7, 11) is 0. The first-order valence-electron chi connectivity index (χ1n) is 5.95. The van der Waals surface area contributed by atoms with Crippen LogP contribution in [0, 0.1) is 11.6 Å². The van der Waals surface area contributed by atoms with Crippen molar-refractivity contribution in [3.8, 4) is 0 Å². The Balaban J connectivity index is 2.00. The van der Waals surface area contributed by atoms with Gasteiger partial charge in [0.1, 0.15) is 23.6 Å². The van der Waals surface area contributed by atoms with Gasteiger partial charge in [-0.2, -0.15) is 0 Å². The predicted molar refractivity (Wildman–Crippen MR) is 68.1 cm³/mol. The lowest BCUT2D eigenvalue weighted by Crippen LogP contribution is -2.18. The van der Waals surface area contributed by atoms with Crippen molar-refractivity contribution in [2.45, 2.75) is 13.1 Å². The summed E-state index contributed by atoms with van der Waals surface area (Å²) in [5, 5.41) is 0. The molecular weight excluding hydrogens is 248 g/mol. The molecule has 2 nitrogen and oxygen atoms in total. The van der Waals surface area contributed by atoms with Crippen LogP contribution in [0.25, 0.3) is 0 Å². The highest BCUT2D eigenvalue weighted by atomic mass is 19.1. The van der Waals surface area contributed by atoms with E-state index in [1.807, 2.05) is 24.3 Å². The van der Waals surface area contributed by atoms with Crippen molar-refractivity contribution in [3.63, 3.8) is 0 Å². The number of carbonyl (C=O) groups is 1. The van der Waals surface area contributed by atoms with Gasteiger partial charge in [0, 0.05) is 18.7 Å². The van der Waals surface area contributed by atoms with Crippen LogP contribution in [0.4, 0.5) is 14.5 Å². The second kappa shape index (κ2) is 4.46. The molecule has 0 saturated carbocycles. The lowest BCUT2D eigenvalue weighted by atomic mass is 10.1. The molecule has 0 saturated heterocycles. The van der Waals surface area contributed by atoms with Crippen LogP contribution < -0.4 is 4.90 Å². The first kappa shape index (κ1) is 11.8. The van der Waals surface area contributed by atoms with E-state index in [-0.39, 0.29) is 11.3 Å². The number of hydrogen-bond donors (Lipinski definition) is 0. The maximum atomic E-state index is 13.9. The third-order valence-corrected chi connectivity index (χ3v) is 3.33. The highest BCUT2D eigenvalue weighted by molar-refractivity contribution is 5.76. The molecule has 0 amide bonds. The summed E-state index contributed by atoms with van der Waals surface area (Å²) >= 11 is 0. The molecule has 1 aliphatic rings. The molecule has 0 N–H and O–H groups in total. The van der Waals surface area contributed by atoms with Crippen molar-refractivity contribution in [1.82, 2.24) is 0 Å². The third-order valence-electron chi connectivity index (χ3n) is 3.33. The van der Waals surface area contributed by atoms with Crippen LogP contribution in [0.2, 0.25) is 0 Å². The fourth-order valence-corrected chi connectivity index (χ4v) is 2.45. The van der Waals surface area contributed by atoms with E-state index in [4.69, 9.17) is 0 Å². The molecule has 2 aromatic carbocycles. The van der Waals surface area contributed by atoms with Gasteiger partial charge in [-0.1, -0.05) is 24.3 Å². The van der Waals surface area contributed by atoms with Gasteiger partial charge in [0.25, 0.3) is 0 Å². The molecule has 0 spiro atoms. The van der Waals surface area contributed by atoms with Crippen molar-refractivity contribution >= 4 is 12.0 Å². The highest BCUT2D eigenvalue weighted by Crippen LogP contribution is 2.32. The van der Waals surface area contributed by atoms with Crippen molar-refractivity contribution in [2.75, 3.05) is 4.90 Å². The van der Waals surface area contributed by atoms with E-state index in [1.165, 1.54) is 0 Å². The second-order valence-electron chi connectivity index (χ2n) is 4.58. The van der Waals surface area contributed by atoms with Crippen LogP contribution in [0.5, 0.6) is 0 Å². The monoisotopic (exact) mass is 259 g/mol. The van der Waals surface area contributed by atoms with Crippen LogP contribution in [0.1, 0.15) is 21.5 Å². The normalized spacial score (nSPS) is 13.5. The van der Waals surface area contributed by atoms with Crippen LogP contribution in [-0.2, 0) is 13.1 Å². The fourth-order valence-electron chi connectivity index (χ4n) is 2.45. The summed E-state index contributed by atoms with van der Waals surface area (Å²) in [5.41, 5.74) is 2.08. The van der Waals surface area contributed by atoms with Gasteiger partial charge in [-0.3, -0.25) is 4.79 Å². The molecule has 0 fully saturated rings. The van der Waals surface area contributed by atoms with Crippen molar-refractivity contribution in [3.05, 3.63) is 64.7 Å².